The zero-order valence-corrected chi connectivity index (χ0v) is 22.9. The molecule has 5 rings (SSSR count). The molecule has 6 N–H and O–H groups in total. The van der Waals surface area contributed by atoms with Crippen LogP contribution in [-0.4, -0.2) is 53.1 Å². The van der Waals surface area contributed by atoms with Crippen LogP contribution < -0.4 is 21.7 Å². The zero-order chi connectivity index (χ0) is 29.1. The minimum Gasteiger partial charge on any atom is -0.372 e. The molecular formula is C31H36N4O6. The molecule has 2 aromatic carbocycles. The second kappa shape index (κ2) is 11.8. The number of nitrogens with two attached hydrogens (primary N) is 1. The molecule has 3 atom stereocenters. The third-order valence-electron chi connectivity index (χ3n) is 8.73. The average Bonchev–Trinajstić information content (AvgIpc) is 3.51. The number of rotatable bonds is 10. The Morgan fingerprint density at radius 3 is 2.05 bits per heavy atom. The highest BCUT2D eigenvalue weighted by Crippen LogP contribution is 2.47. The summed E-state index contributed by atoms with van der Waals surface area (Å²) in [4.78, 5) is 64.4. The molecule has 10 nitrogen and oxygen atoms in total. The fraction of sp³-hybridized carbons (Fsp3) is 0.452. The first-order valence-corrected chi connectivity index (χ1v) is 14.3. The van der Waals surface area contributed by atoms with Gasteiger partial charge < -0.3 is 26.8 Å². The molecule has 2 fully saturated rings. The zero-order valence-electron chi connectivity index (χ0n) is 22.9. The lowest BCUT2D eigenvalue weighted by Gasteiger charge is -2.31. The normalized spacial score (nSPS) is 20.7. The van der Waals surface area contributed by atoms with Gasteiger partial charge in [0, 0.05) is 23.6 Å². The molecule has 3 aliphatic rings. The fourth-order valence-corrected chi connectivity index (χ4v) is 6.54. The molecule has 1 aliphatic heterocycles. The molecule has 0 spiro atoms. The van der Waals surface area contributed by atoms with Gasteiger partial charge in [-0.05, 0) is 36.3 Å². The van der Waals surface area contributed by atoms with Crippen molar-refractivity contribution in [2.45, 2.75) is 69.1 Å². The maximum absolute atomic E-state index is 14.0. The number of Topliss-reactive ketones (excluding diaryl/α,β-unsaturated/α-hetero) is 1. The van der Waals surface area contributed by atoms with E-state index >= 15 is 0 Å². The summed E-state index contributed by atoms with van der Waals surface area (Å²) in [6.07, 6.45) is 5.60. The number of hydrogen-bond donors (Lipinski definition) is 5. The van der Waals surface area contributed by atoms with Gasteiger partial charge >= 0.3 is 0 Å². The van der Waals surface area contributed by atoms with Gasteiger partial charge in [-0.25, -0.2) is 0 Å². The summed E-state index contributed by atoms with van der Waals surface area (Å²) < 4.78 is 0. The molecule has 1 saturated carbocycles. The Labute approximate surface area is 238 Å². The van der Waals surface area contributed by atoms with Crippen molar-refractivity contribution in [3.05, 3.63) is 59.7 Å². The Bertz CT molecular complexity index is 1320. The van der Waals surface area contributed by atoms with Crippen LogP contribution >= 0.6 is 0 Å². The maximum atomic E-state index is 14.0. The highest BCUT2D eigenvalue weighted by molar-refractivity contribution is 6.38. The lowest BCUT2D eigenvalue weighted by molar-refractivity contribution is -0.141. The van der Waals surface area contributed by atoms with Gasteiger partial charge in [0.15, 0.2) is 5.60 Å². The van der Waals surface area contributed by atoms with E-state index in [1.807, 2.05) is 24.3 Å². The fourth-order valence-electron chi connectivity index (χ4n) is 6.54. The molecule has 216 valence electrons. The van der Waals surface area contributed by atoms with Gasteiger partial charge in [0.2, 0.25) is 17.6 Å². The number of ketones is 1. The predicted octanol–water partition coefficient (Wildman–Crippen LogP) is 1.42. The first-order chi connectivity index (χ1) is 19.7. The van der Waals surface area contributed by atoms with E-state index in [1.54, 1.807) is 24.3 Å². The van der Waals surface area contributed by atoms with Gasteiger partial charge in [0.1, 0.15) is 6.04 Å². The molecule has 0 radical (unpaired) electrons. The molecule has 10 heteroatoms. The van der Waals surface area contributed by atoms with Gasteiger partial charge in [0.05, 0.1) is 6.04 Å². The Hall–Kier alpha value is -4.05. The summed E-state index contributed by atoms with van der Waals surface area (Å²) >= 11 is 0. The average molecular weight is 561 g/mol. The van der Waals surface area contributed by atoms with Gasteiger partial charge in [-0.3, -0.25) is 24.0 Å². The van der Waals surface area contributed by atoms with E-state index in [4.69, 9.17) is 5.73 Å². The third-order valence-corrected chi connectivity index (χ3v) is 8.73. The van der Waals surface area contributed by atoms with E-state index in [2.05, 4.69) is 16.0 Å². The van der Waals surface area contributed by atoms with Crippen molar-refractivity contribution >= 4 is 29.4 Å². The SMILES string of the molecule is NC(=O)C(=O)[C@H](C[C@H]1CCNC1=O)NC(=O)[C@H](CC1CCCCC1)NC(=O)C1(O)c2ccccc2-c2ccccc21. The largest absolute Gasteiger partial charge is 0.372 e. The van der Waals surface area contributed by atoms with Crippen molar-refractivity contribution in [1.29, 1.82) is 0 Å². The quantitative estimate of drug-likeness (QED) is 0.276. The third kappa shape index (κ3) is 5.61. The van der Waals surface area contributed by atoms with E-state index in [0.29, 0.717) is 30.5 Å². The van der Waals surface area contributed by atoms with Gasteiger partial charge in [-0.1, -0.05) is 80.6 Å². The van der Waals surface area contributed by atoms with Crippen LogP contribution in [-0.2, 0) is 29.6 Å². The molecule has 1 saturated heterocycles. The molecule has 0 unspecified atom stereocenters. The predicted molar refractivity (Wildman–Crippen MR) is 150 cm³/mol. The summed E-state index contributed by atoms with van der Waals surface area (Å²) in [6.45, 7) is 0.441. The lowest BCUT2D eigenvalue weighted by atomic mass is 9.84. The van der Waals surface area contributed by atoms with Crippen LogP contribution in [0, 0.1) is 11.8 Å². The highest BCUT2D eigenvalue weighted by atomic mass is 16.3. The van der Waals surface area contributed by atoms with Crippen LogP contribution in [0.5, 0.6) is 0 Å². The van der Waals surface area contributed by atoms with Crippen molar-refractivity contribution in [2.75, 3.05) is 6.54 Å². The van der Waals surface area contributed by atoms with Gasteiger partial charge in [-0.2, -0.15) is 0 Å². The van der Waals surface area contributed by atoms with Gasteiger partial charge in [-0.15, -0.1) is 0 Å². The summed E-state index contributed by atoms with van der Waals surface area (Å²) in [5, 5.41) is 20.1. The summed E-state index contributed by atoms with van der Waals surface area (Å²) in [5.41, 5.74) is 5.56. The Kier molecular flexibility index (Phi) is 8.21. The van der Waals surface area contributed by atoms with Crippen molar-refractivity contribution in [3.63, 3.8) is 0 Å². The van der Waals surface area contributed by atoms with Crippen LogP contribution in [0.1, 0.15) is 62.5 Å². The minimum absolute atomic E-state index is 0.0753. The number of fused-ring (bicyclic) bond motifs is 3. The van der Waals surface area contributed by atoms with E-state index in [1.165, 1.54) is 0 Å². The maximum Gasteiger partial charge on any atom is 0.287 e. The molecule has 41 heavy (non-hydrogen) atoms. The van der Waals surface area contributed by atoms with E-state index in [-0.39, 0.29) is 18.2 Å². The first kappa shape index (κ1) is 28.5. The number of carbonyl (C=O) groups excluding carboxylic acids is 5. The number of primary amides is 1. The van der Waals surface area contributed by atoms with Gasteiger partial charge in [0.25, 0.3) is 11.8 Å². The standard InChI is InChI=1S/C31H36N4O6/c32-27(37)26(36)24(17-19-14-15-33-28(19)38)34-29(39)25(16-18-8-2-1-3-9-18)35-30(40)31(41)22-12-6-4-10-20(22)21-11-5-7-13-23(21)31/h4-7,10-13,18-19,24-25,41H,1-3,8-9,14-17H2,(H2,32,37)(H,33,38)(H,34,39)(H,35,40)/t19-,24+,25+/m1/s1. The van der Waals surface area contributed by atoms with Crippen LogP contribution in [0.4, 0.5) is 0 Å². The second-order valence-electron chi connectivity index (χ2n) is 11.4. The minimum atomic E-state index is -2.03. The van der Waals surface area contributed by atoms with Crippen LogP contribution in [0.3, 0.4) is 0 Å². The number of hydrogen-bond acceptors (Lipinski definition) is 6. The monoisotopic (exact) mass is 560 g/mol. The number of nitrogens with one attached hydrogen (secondary N) is 3. The van der Waals surface area contributed by atoms with Crippen molar-refractivity contribution < 1.29 is 29.1 Å². The molecular weight excluding hydrogens is 524 g/mol. The highest BCUT2D eigenvalue weighted by Gasteiger charge is 2.49. The summed E-state index contributed by atoms with van der Waals surface area (Å²) in [6, 6.07) is 11.8. The van der Waals surface area contributed by atoms with Crippen LogP contribution in [0.2, 0.25) is 0 Å². The summed E-state index contributed by atoms with van der Waals surface area (Å²) in [5.74, 6) is -4.28. The van der Waals surface area contributed by atoms with Crippen molar-refractivity contribution in [1.82, 2.24) is 16.0 Å². The Morgan fingerprint density at radius 2 is 1.49 bits per heavy atom. The lowest BCUT2D eigenvalue weighted by Crippen LogP contribution is -2.57. The van der Waals surface area contributed by atoms with Crippen molar-refractivity contribution in [3.8, 4) is 11.1 Å². The molecule has 0 bridgehead atoms. The van der Waals surface area contributed by atoms with Crippen molar-refractivity contribution in [2.24, 2.45) is 17.6 Å². The molecule has 0 aromatic heterocycles. The number of benzene rings is 2. The van der Waals surface area contributed by atoms with E-state index in [0.717, 1.165) is 43.2 Å². The Morgan fingerprint density at radius 1 is 0.878 bits per heavy atom. The molecule has 2 aromatic rings. The number of aliphatic hydroxyl groups is 1. The molecule has 2 aliphatic carbocycles. The Balaban J connectivity index is 1.42. The summed E-state index contributed by atoms with van der Waals surface area (Å²) in [7, 11) is 0. The van der Waals surface area contributed by atoms with E-state index < -0.39 is 47.1 Å². The van der Waals surface area contributed by atoms with Crippen LogP contribution in [0.15, 0.2) is 48.5 Å². The second-order valence-corrected chi connectivity index (χ2v) is 11.4. The smallest absolute Gasteiger partial charge is 0.287 e. The molecule has 4 amide bonds. The number of amides is 4. The molecule has 1 heterocycles. The van der Waals surface area contributed by atoms with E-state index in [9.17, 15) is 29.1 Å². The number of carbonyl (C=O) groups is 5. The topological polar surface area (TPSA) is 168 Å². The van der Waals surface area contributed by atoms with Crippen LogP contribution in [0.25, 0.3) is 11.1 Å². The first-order valence-electron chi connectivity index (χ1n) is 14.3.